The fraction of sp³-hybridized carbons (Fsp3) is 0.105. The van der Waals surface area contributed by atoms with E-state index < -0.39 is 11.7 Å². The zero-order valence-electron chi connectivity index (χ0n) is 14.4. The van der Waals surface area contributed by atoms with Crippen molar-refractivity contribution >= 4 is 39.9 Å². The van der Waals surface area contributed by atoms with Gasteiger partial charge in [-0.05, 0) is 18.2 Å². The van der Waals surface area contributed by atoms with E-state index in [1.807, 2.05) is 30.3 Å². The van der Waals surface area contributed by atoms with Crippen molar-refractivity contribution in [2.24, 2.45) is 0 Å². The number of thioether (sulfide) groups is 1. The summed E-state index contributed by atoms with van der Waals surface area (Å²) in [5, 5.41) is 5.92. The number of rotatable bonds is 6. The molecule has 2 N–H and O–H groups in total. The first kappa shape index (κ1) is 19.1. The third kappa shape index (κ3) is 4.93. The zero-order chi connectivity index (χ0) is 19.2. The Hall–Kier alpha value is -2.71. The van der Waals surface area contributed by atoms with E-state index in [0.717, 1.165) is 5.56 Å². The first-order valence-corrected chi connectivity index (χ1v) is 9.83. The molecule has 0 spiro atoms. The summed E-state index contributed by atoms with van der Waals surface area (Å²) in [6, 6.07) is 14.9. The number of nitrogens with zero attached hydrogens (tertiary/aromatic N) is 1. The van der Waals surface area contributed by atoms with Gasteiger partial charge < -0.3 is 10.6 Å². The highest BCUT2D eigenvalue weighted by Crippen LogP contribution is 2.37. The quantitative estimate of drug-likeness (QED) is 0.612. The second kappa shape index (κ2) is 8.79. The molecular formula is C19H16FN3O2S2. The number of thiazole rings is 1. The number of anilines is 1. The number of hydrogen-bond acceptors (Lipinski definition) is 5. The van der Waals surface area contributed by atoms with Gasteiger partial charge in [0.1, 0.15) is 16.5 Å². The van der Waals surface area contributed by atoms with E-state index in [-0.39, 0.29) is 17.2 Å². The summed E-state index contributed by atoms with van der Waals surface area (Å²) in [5.74, 6) is -0.771. The maximum absolute atomic E-state index is 13.4. The molecule has 0 aliphatic rings. The molecule has 8 heteroatoms. The molecule has 0 radical (unpaired) electrons. The average molecular weight is 401 g/mol. The summed E-state index contributed by atoms with van der Waals surface area (Å²) >= 11 is 2.57. The van der Waals surface area contributed by atoms with Crippen LogP contribution in [0.1, 0.15) is 10.4 Å². The molecule has 27 heavy (non-hydrogen) atoms. The summed E-state index contributed by atoms with van der Waals surface area (Å²) in [4.78, 5) is 28.5. The molecule has 0 atom stereocenters. The van der Waals surface area contributed by atoms with E-state index in [1.165, 1.54) is 41.3 Å². The standard InChI is InChI=1S/C19H16FN3O2S2/c1-21-15(24)11-26-19-22-16(12-6-3-2-4-7-12)18(27-19)23-17(25)13-8-5-9-14(20)10-13/h2-10H,11H2,1H3,(H,21,24)(H,23,25). The average Bonchev–Trinajstić information content (AvgIpc) is 3.09. The fourth-order valence-electron chi connectivity index (χ4n) is 2.24. The number of carbonyl (C=O) groups is 2. The lowest BCUT2D eigenvalue weighted by Crippen LogP contribution is -2.19. The highest BCUT2D eigenvalue weighted by atomic mass is 32.2. The zero-order valence-corrected chi connectivity index (χ0v) is 16.0. The van der Waals surface area contributed by atoms with Crippen molar-refractivity contribution in [1.29, 1.82) is 0 Å². The number of halogens is 1. The van der Waals surface area contributed by atoms with Gasteiger partial charge in [0.15, 0.2) is 4.34 Å². The second-order valence-electron chi connectivity index (χ2n) is 5.45. The van der Waals surface area contributed by atoms with Crippen molar-refractivity contribution in [1.82, 2.24) is 10.3 Å². The molecule has 0 fully saturated rings. The van der Waals surface area contributed by atoms with Crippen LogP contribution in [-0.4, -0.2) is 29.6 Å². The van der Waals surface area contributed by atoms with E-state index in [1.54, 1.807) is 13.1 Å². The Morgan fingerprint density at radius 2 is 1.93 bits per heavy atom. The molecule has 1 aromatic heterocycles. The Morgan fingerprint density at radius 3 is 2.63 bits per heavy atom. The van der Waals surface area contributed by atoms with Gasteiger partial charge in [-0.3, -0.25) is 9.59 Å². The van der Waals surface area contributed by atoms with Crippen LogP contribution in [0.3, 0.4) is 0 Å². The molecule has 0 aliphatic heterocycles. The SMILES string of the molecule is CNC(=O)CSc1nc(-c2ccccc2)c(NC(=O)c2cccc(F)c2)s1. The van der Waals surface area contributed by atoms with Gasteiger partial charge in [-0.25, -0.2) is 9.37 Å². The Morgan fingerprint density at radius 1 is 1.15 bits per heavy atom. The monoisotopic (exact) mass is 401 g/mol. The second-order valence-corrected chi connectivity index (χ2v) is 7.67. The van der Waals surface area contributed by atoms with Gasteiger partial charge in [0.2, 0.25) is 5.91 Å². The summed E-state index contributed by atoms with van der Waals surface area (Å²) < 4.78 is 14.1. The van der Waals surface area contributed by atoms with Crippen molar-refractivity contribution in [3.8, 4) is 11.3 Å². The summed E-state index contributed by atoms with van der Waals surface area (Å²) in [6.07, 6.45) is 0. The van der Waals surface area contributed by atoms with Crippen LogP contribution in [-0.2, 0) is 4.79 Å². The van der Waals surface area contributed by atoms with Crippen molar-refractivity contribution < 1.29 is 14.0 Å². The van der Waals surface area contributed by atoms with Crippen LogP contribution in [0.2, 0.25) is 0 Å². The normalized spacial score (nSPS) is 10.4. The molecule has 138 valence electrons. The molecule has 0 saturated heterocycles. The van der Waals surface area contributed by atoms with Crippen LogP contribution in [0.5, 0.6) is 0 Å². The molecule has 2 aromatic carbocycles. The third-order valence-electron chi connectivity index (χ3n) is 3.57. The van der Waals surface area contributed by atoms with E-state index in [0.29, 0.717) is 15.0 Å². The molecule has 1 heterocycles. The van der Waals surface area contributed by atoms with Crippen LogP contribution in [0.15, 0.2) is 58.9 Å². The Kier molecular flexibility index (Phi) is 6.20. The van der Waals surface area contributed by atoms with Gasteiger partial charge in [0, 0.05) is 18.2 Å². The van der Waals surface area contributed by atoms with E-state index >= 15 is 0 Å². The molecule has 2 amide bonds. The maximum atomic E-state index is 13.4. The molecule has 0 unspecified atom stereocenters. The van der Waals surface area contributed by atoms with Gasteiger partial charge in [-0.2, -0.15) is 0 Å². The largest absolute Gasteiger partial charge is 0.358 e. The molecule has 0 aliphatic carbocycles. The van der Waals surface area contributed by atoms with E-state index in [9.17, 15) is 14.0 Å². The third-order valence-corrected chi connectivity index (χ3v) is 5.69. The highest BCUT2D eigenvalue weighted by Gasteiger charge is 2.17. The molecule has 0 bridgehead atoms. The lowest BCUT2D eigenvalue weighted by molar-refractivity contribution is -0.118. The number of nitrogens with one attached hydrogen (secondary N) is 2. The highest BCUT2D eigenvalue weighted by molar-refractivity contribution is 8.01. The van der Waals surface area contributed by atoms with Crippen LogP contribution < -0.4 is 10.6 Å². The predicted molar refractivity (Wildman–Crippen MR) is 107 cm³/mol. The Bertz CT molecular complexity index is 961. The molecule has 3 rings (SSSR count). The van der Waals surface area contributed by atoms with Crippen molar-refractivity contribution in [3.63, 3.8) is 0 Å². The first-order valence-electron chi connectivity index (χ1n) is 8.03. The van der Waals surface area contributed by atoms with Gasteiger partial charge in [0.05, 0.1) is 5.75 Å². The minimum absolute atomic E-state index is 0.109. The van der Waals surface area contributed by atoms with Crippen molar-refractivity contribution in [2.45, 2.75) is 4.34 Å². The Balaban J connectivity index is 1.88. The minimum atomic E-state index is -0.475. The molecule has 0 saturated carbocycles. The maximum Gasteiger partial charge on any atom is 0.256 e. The lowest BCUT2D eigenvalue weighted by Gasteiger charge is -2.05. The van der Waals surface area contributed by atoms with E-state index in [2.05, 4.69) is 15.6 Å². The summed E-state index contributed by atoms with van der Waals surface area (Å²) in [5.41, 5.74) is 1.68. The number of hydrogen-bond donors (Lipinski definition) is 2. The predicted octanol–water partition coefficient (Wildman–Crippen LogP) is 4.04. The molecule has 3 aromatic rings. The smallest absolute Gasteiger partial charge is 0.256 e. The van der Waals surface area contributed by atoms with Gasteiger partial charge in [-0.15, -0.1) is 0 Å². The van der Waals surface area contributed by atoms with Crippen LogP contribution in [0.25, 0.3) is 11.3 Å². The van der Waals surface area contributed by atoms with Crippen LogP contribution in [0, 0.1) is 5.82 Å². The summed E-state index contributed by atoms with van der Waals surface area (Å²) in [7, 11) is 1.57. The molecular weight excluding hydrogens is 385 g/mol. The van der Waals surface area contributed by atoms with Crippen LogP contribution in [0.4, 0.5) is 9.39 Å². The first-order chi connectivity index (χ1) is 13.1. The number of carbonyl (C=O) groups excluding carboxylic acids is 2. The number of amides is 2. The minimum Gasteiger partial charge on any atom is -0.358 e. The van der Waals surface area contributed by atoms with Crippen molar-refractivity contribution in [2.75, 3.05) is 18.1 Å². The van der Waals surface area contributed by atoms with Gasteiger partial charge in [-0.1, -0.05) is 59.5 Å². The van der Waals surface area contributed by atoms with Crippen molar-refractivity contribution in [3.05, 3.63) is 66.0 Å². The Labute approximate surface area is 164 Å². The van der Waals surface area contributed by atoms with Gasteiger partial charge in [0.25, 0.3) is 5.91 Å². The topological polar surface area (TPSA) is 71.1 Å². The molecule has 5 nitrogen and oxygen atoms in total. The van der Waals surface area contributed by atoms with Crippen LogP contribution >= 0.6 is 23.1 Å². The fourth-order valence-corrected chi connectivity index (χ4v) is 4.18. The lowest BCUT2D eigenvalue weighted by atomic mass is 10.1. The number of benzene rings is 2. The summed E-state index contributed by atoms with van der Waals surface area (Å²) in [6.45, 7) is 0. The van der Waals surface area contributed by atoms with Gasteiger partial charge >= 0.3 is 0 Å². The van der Waals surface area contributed by atoms with E-state index in [4.69, 9.17) is 0 Å². The number of aromatic nitrogens is 1.